The molecule has 4 aromatic heterocycles. The summed E-state index contributed by atoms with van der Waals surface area (Å²) in [6, 6.07) is 143. The third kappa shape index (κ3) is 12.4. The van der Waals surface area contributed by atoms with Gasteiger partial charge in [0, 0.05) is 67.8 Å². The van der Waals surface area contributed by atoms with E-state index in [0.29, 0.717) is 67.3 Å². The number of allylic oxidation sites excluding steroid dienone is 2. The summed E-state index contributed by atoms with van der Waals surface area (Å²) in [5.41, 5.74) is 35.6. The molecule has 6 heterocycles. The number of halogens is 1. The molecule has 18 aromatic carbocycles. The van der Waals surface area contributed by atoms with Crippen molar-refractivity contribution < 1.29 is 41.8 Å². The number of carbonyl (C=O) groups is 2. The van der Waals surface area contributed by atoms with Crippen LogP contribution in [0.1, 0.15) is 76.4 Å². The van der Waals surface area contributed by atoms with Gasteiger partial charge in [0.15, 0.2) is 0 Å². The monoisotopic (exact) mass is 1890 g/mol. The summed E-state index contributed by atoms with van der Waals surface area (Å²) in [6.45, 7) is 0. The molecule has 4 aliphatic carbocycles. The first-order valence-corrected chi connectivity index (χ1v) is 48.8. The number of benzene rings is 18. The van der Waals surface area contributed by atoms with Crippen molar-refractivity contribution in [2.75, 3.05) is 38.2 Å². The molecular weight excluding hydrogens is 1810 g/mol. The summed E-state index contributed by atoms with van der Waals surface area (Å²) >= 11 is 0. The highest BCUT2D eigenvalue weighted by Gasteiger charge is 2.54. The van der Waals surface area contributed by atoms with Crippen molar-refractivity contribution in [3.05, 3.63) is 491 Å². The Morgan fingerprint density at radius 1 is 0.347 bits per heavy atom. The fourth-order valence-electron chi connectivity index (χ4n) is 24.6. The lowest BCUT2D eigenvalue weighted by molar-refractivity contribution is -0.535. The van der Waals surface area contributed by atoms with Crippen LogP contribution in [0.4, 0.5) is 50.1 Å². The maximum atomic E-state index is 17.7. The van der Waals surface area contributed by atoms with Gasteiger partial charge >= 0.3 is 38.4 Å². The summed E-state index contributed by atoms with van der Waals surface area (Å²) in [5, 5.41) is 28.2. The second kappa shape index (κ2) is 32.9. The number of nitriles is 2. The normalized spacial score (nSPS) is 13.3. The summed E-state index contributed by atoms with van der Waals surface area (Å²) in [7, 11) is 6.33. The Kier molecular flexibility index (Phi) is 19.1. The van der Waals surface area contributed by atoms with Crippen LogP contribution >= 0.6 is 0 Å². The highest BCUT2D eigenvalue weighted by molar-refractivity contribution is 6.42. The highest BCUT2D eigenvalue weighted by atomic mass is 19.1. The molecule has 0 atom stereocenters. The second-order valence-corrected chi connectivity index (χ2v) is 38.0. The van der Waals surface area contributed by atoms with Crippen molar-refractivity contribution in [3.63, 3.8) is 0 Å². The predicted molar refractivity (Wildman–Crippen MR) is 577 cm³/mol. The van der Waals surface area contributed by atoms with Crippen LogP contribution in [-0.2, 0) is 20.3 Å². The number of ether oxygens (including phenoxy) is 4. The summed E-state index contributed by atoms with van der Waals surface area (Å²) in [4.78, 5) is 40.7. The van der Waals surface area contributed by atoms with Gasteiger partial charge in [-0.1, -0.05) is 255 Å². The van der Waals surface area contributed by atoms with E-state index in [9.17, 15) is 20.1 Å². The summed E-state index contributed by atoms with van der Waals surface area (Å²) < 4.78 is 48.3. The largest absolute Gasteiger partial charge is 0.727 e. The molecule has 2 aliphatic heterocycles. The minimum atomic E-state index is -1.69. The van der Waals surface area contributed by atoms with Crippen LogP contribution in [0.5, 0.6) is 11.5 Å². The number of nitrogens with zero attached hydrogens (tertiary/aromatic N) is 10. The lowest BCUT2D eigenvalue weighted by Crippen LogP contribution is -2.58. The third-order valence-electron chi connectivity index (χ3n) is 31.1. The van der Waals surface area contributed by atoms with Crippen LogP contribution in [0.3, 0.4) is 0 Å². The van der Waals surface area contributed by atoms with Crippen LogP contribution in [0, 0.1) is 22.7 Å². The molecule has 0 N–H and O–H groups in total. The molecule has 689 valence electrons. The lowest BCUT2D eigenvalue weighted by atomic mass is 9.70. The van der Waals surface area contributed by atoms with Gasteiger partial charge in [-0.05, 0) is 288 Å². The average Bonchev–Trinajstić information content (AvgIpc) is 1.51. The van der Waals surface area contributed by atoms with Crippen LogP contribution < -0.4 is 39.2 Å². The molecule has 28 rings (SSSR count). The zero-order valence-corrected chi connectivity index (χ0v) is 79.7. The number of hydrogen-bond acceptors (Lipinski definition) is 12. The van der Waals surface area contributed by atoms with Crippen molar-refractivity contribution in [1.29, 1.82) is 10.5 Å². The van der Waals surface area contributed by atoms with Gasteiger partial charge in [-0.2, -0.15) is 10.5 Å². The van der Waals surface area contributed by atoms with E-state index in [4.69, 9.17) is 28.9 Å². The number of pyridine rings is 2. The molecular formula is C128H80B2FN10O6+2. The van der Waals surface area contributed by atoms with Gasteiger partial charge in [0.05, 0.1) is 96.1 Å². The molecule has 1 radical (unpaired) electrons. The molecule has 0 saturated heterocycles. The maximum Gasteiger partial charge on any atom is 0.727 e. The van der Waals surface area contributed by atoms with Crippen molar-refractivity contribution in [2.24, 2.45) is 9.98 Å². The molecule has 22 aromatic rings. The van der Waals surface area contributed by atoms with Crippen LogP contribution in [0.25, 0.3) is 144 Å². The Bertz CT molecular complexity index is 9660. The van der Waals surface area contributed by atoms with Gasteiger partial charge < -0.3 is 33.2 Å². The molecule has 0 fully saturated rings. The van der Waals surface area contributed by atoms with E-state index >= 15 is 4.32 Å². The number of anilines is 6. The van der Waals surface area contributed by atoms with Crippen molar-refractivity contribution in [3.8, 4) is 113 Å². The Morgan fingerprint density at radius 3 is 1.10 bits per heavy atom. The molecule has 0 bridgehead atoms. The smallest absolute Gasteiger partial charge is 0.495 e. The van der Waals surface area contributed by atoms with E-state index in [-0.39, 0.29) is 11.1 Å². The molecule has 147 heavy (non-hydrogen) atoms. The second-order valence-electron chi connectivity index (χ2n) is 38.0. The molecule has 0 unspecified atom stereocenters. The lowest BCUT2D eigenvalue weighted by Gasteiger charge is -2.30. The number of aromatic nitrogens is 4. The maximum absolute atomic E-state index is 17.7. The van der Waals surface area contributed by atoms with Gasteiger partial charge in [-0.3, -0.25) is 13.3 Å². The van der Waals surface area contributed by atoms with E-state index < -0.39 is 30.0 Å². The minimum absolute atomic E-state index is 0.105. The molecule has 0 saturated carbocycles. The zero-order chi connectivity index (χ0) is 98.5. The summed E-state index contributed by atoms with van der Waals surface area (Å²) in [6.07, 6.45) is 3.86. The summed E-state index contributed by atoms with van der Waals surface area (Å²) in [5.74, 6) is 1.11. The van der Waals surface area contributed by atoms with Crippen molar-refractivity contribution in [1.82, 2.24) is 8.96 Å². The Morgan fingerprint density at radius 2 is 0.694 bits per heavy atom. The van der Waals surface area contributed by atoms with Gasteiger partial charge in [0.25, 0.3) is 0 Å². The van der Waals surface area contributed by atoms with Gasteiger partial charge in [-0.15, -0.1) is 0 Å². The topological polar surface area (TPSA) is 167 Å². The Balaban J connectivity index is 0.539. The van der Waals surface area contributed by atoms with Crippen LogP contribution in [0.15, 0.2) is 423 Å². The first-order chi connectivity index (χ1) is 72.3. The zero-order valence-electron chi connectivity index (χ0n) is 79.7. The molecule has 6 aliphatic rings. The van der Waals surface area contributed by atoms with Gasteiger partial charge in [-0.25, -0.2) is 14.1 Å². The standard InChI is InChI=1S/C128H80B2FN10O6/c1-144-117-69-81(45-61-113(117)138(87-53-39-77(40-54-87)83-47-65-119-134-123-101-27-17-25-97-99(125(142)146-3)59-63-115(121(97)101)140(123)129-136(119)73-83)85-49-35-75(36-50-85)79-43-57-95-93-23-9-15-33-109(93)127(111(95)67-79)105-29-11-5-19-89(105)90-20-6-12-30-106(90)127)103(71-132)104(72-133)82-46-62-114(118(70-82)145-2)139(88-55-41-78(42-56-88)84-48-66-120-135-124-102-28-18-26-98-100(126(143)147-4)60-64-116(122(98)102)141(124)130(131)137(120)74-84)86-51-37-76(38-52-86)80-44-58-96-94-24-10-16-34-110(94)128(112(96)68-80)107-31-13-7-21-91(107)92-22-8-14-32-108(92)128/h5-70,73-74H,1-4H3/q+2/b104-103+. The van der Waals surface area contributed by atoms with Crippen LogP contribution in [-0.4, -0.2) is 64.1 Å². The average molecular weight is 1890 g/mol. The SMILES string of the molecule is COC(=O)c1ccc2c3c1cccc3c1n2[B][n+]2cc(-c3ccc(N(c4ccc(-c5ccc6c(c5)C5(c7ccccc7-c7ccccc75)c5ccccc5-6)cc4)c4ccc(/C(C#N)=C(\C#N)c5ccc(N(c6ccc(-c7ccc8c(c7)C7(c9ccccc9-c9ccccc97)c7ccccc7-8)cc6)c6ccc(-c7ccc8[n+](c7)B(F)n7c(c9cccc%10c(C(=O)OC)ccc7c%109)=N8)cc6)c(OC)c5)cc4OC)cc3)ccc2N=1. The Labute approximate surface area is 844 Å². The van der Waals surface area contributed by atoms with E-state index in [1.807, 2.05) is 139 Å². The fraction of sp³-hybridized carbons (Fsp3) is 0.0469. The quantitative estimate of drug-likeness (QED) is 0.0393. The van der Waals surface area contributed by atoms with E-state index in [0.717, 1.165) is 111 Å². The number of hydrogen-bond donors (Lipinski definition) is 0. The number of carbonyl (C=O) groups excluding carboxylic acids is 2. The minimum Gasteiger partial charge on any atom is -0.495 e. The third-order valence-corrected chi connectivity index (χ3v) is 31.1. The van der Waals surface area contributed by atoms with E-state index in [1.54, 1.807) is 37.0 Å². The van der Waals surface area contributed by atoms with Crippen molar-refractivity contribution in [2.45, 2.75) is 10.8 Å². The first-order valence-electron chi connectivity index (χ1n) is 48.8. The highest BCUT2D eigenvalue weighted by Crippen LogP contribution is 2.66. The molecule has 16 nitrogen and oxygen atoms in total. The molecule has 0 amide bonds. The van der Waals surface area contributed by atoms with Crippen molar-refractivity contribution >= 4 is 127 Å². The fourth-order valence-corrected chi connectivity index (χ4v) is 24.6. The molecule has 2 spiro atoms. The first kappa shape index (κ1) is 85.6. The molecule has 19 heteroatoms. The van der Waals surface area contributed by atoms with Gasteiger partial charge in [0.2, 0.25) is 11.0 Å². The Hall–Kier alpha value is -19.4. The van der Waals surface area contributed by atoms with E-state index in [2.05, 4.69) is 293 Å². The number of methoxy groups -OCH3 is 4. The van der Waals surface area contributed by atoms with Crippen LogP contribution in [0.2, 0.25) is 0 Å². The number of esters is 2. The van der Waals surface area contributed by atoms with E-state index in [1.165, 1.54) is 108 Å². The number of rotatable bonds is 16. The van der Waals surface area contributed by atoms with Gasteiger partial charge in [0.1, 0.15) is 23.6 Å². The number of fused-ring (bicyclic) bond motifs is 28. The predicted octanol–water partition coefficient (Wildman–Crippen LogP) is 26.6.